The van der Waals surface area contributed by atoms with Gasteiger partial charge in [0, 0.05) is 36.6 Å². The summed E-state index contributed by atoms with van der Waals surface area (Å²) in [4.78, 5) is 26.8. The summed E-state index contributed by atoms with van der Waals surface area (Å²) in [7, 11) is 0. The lowest BCUT2D eigenvalue weighted by Crippen LogP contribution is -2.39. The Hall–Kier alpha value is -2.72. The molecule has 3 aromatic rings. The van der Waals surface area contributed by atoms with Gasteiger partial charge >= 0.3 is 0 Å². The van der Waals surface area contributed by atoms with Gasteiger partial charge in [0.1, 0.15) is 11.4 Å². The minimum Gasteiger partial charge on any atom is -0.409 e. The minimum atomic E-state index is -0.0953. The molecule has 1 unspecified atom stereocenters. The number of benzene rings is 1. The van der Waals surface area contributed by atoms with E-state index in [4.69, 9.17) is 16.6 Å². The number of thioether (sulfide) groups is 1. The van der Waals surface area contributed by atoms with Crippen LogP contribution in [0.5, 0.6) is 0 Å². The molecule has 0 saturated carbocycles. The molecule has 10 heteroatoms. The summed E-state index contributed by atoms with van der Waals surface area (Å²) in [5.41, 5.74) is 2.07. The fourth-order valence-electron chi connectivity index (χ4n) is 3.95. The molecule has 29 heavy (non-hydrogen) atoms. The van der Waals surface area contributed by atoms with Gasteiger partial charge in [-0.2, -0.15) is 0 Å². The molecule has 1 N–H and O–H groups in total. The molecule has 8 nitrogen and oxygen atoms in total. The van der Waals surface area contributed by atoms with Crippen molar-refractivity contribution in [1.29, 1.82) is 0 Å². The van der Waals surface area contributed by atoms with Gasteiger partial charge in [-0.05, 0) is 49.5 Å². The molecule has 5 rings (SSSR count). The zero-order valence-electron chi connectivity index (χ0n) is 15.7. The first-order valence-electron chi connectivity index (χ1n) is 9.29. The number of aromatic nitrogens is 4. The second-order valence-electron chi connectivity index (χ2n) is 6.97. The molecule has 1 saturated heterocycles. The number of carbonyl (C=O) groups excluding carboxylic acids is 1. The van der Waals surface area contributed by atoms with Crippen molar-refractivity contribution in [3.8, 4) is 11.5 Å². The first-order chi connectivity index (χ1) is 14.1. The first-order valence-corrected chi connectivity index (χ1v) is 10.9. The summed E-state index contributed by atoms with van der Waals surface area (Å²) in [6, 6.07) is 7.81. The second-order valence-corrected chi connectivity index (χ2v) is 8.11. The van der Waals surface area contributed by atoms with Crippen LogP contribution in [-0.2, 0) is 0 Å². The number of rotatable bonds is 3. The Bertz CT molecular complexity index is 1140. The van der Waals surface area contributed by atoms with E-state index >= 15 is 0 Å². The summed E-state index contributed by atoms with van der Waals surface area (Å²) in [5.74, 6) is 1.05. The molecule has 1 atom stereocenters. The topological polar surface area (TPSA) is 91.2 Å². The van der Waals surface area contributed by atoms with E-state index in [-0.39, 0.29) is 16.8 Å². The maximum absolute atomic E-state index is 13.5. The van der Waals surface area contributed by atoms with Gasteiger partial charge in [0.05, 0.1) is 0 Å². The average Bonchev–Trinajstić information content (AvgIpc) is 3.37. The van der Waals surface area contributed by atoms with Crippen molar-refractivity contribution in [3.63, 3.8) is 0 Å². The van der Waals surface area contributed by atoms with Crippen LogP contribution in [0, 0.1) is 4.84 Å². The predicted molar refractivity (Wildman–Crippen MR) is 113 cm³/mol. The third-order valence-corrected chi connectivity index (χ3v) is 6.03. The molecule has 0 bridgehead atoms. The number of hydrogen-bond donors (Lipinski definition) is 1. The van der Waals surface area contributed by atoms with Crippen LogP contribution in [0.1, 0.15) is 23.2 Å². The zero-order chi connectivity index (χ0) is 20.0. The molecule has 1 fully saturated rings. The van der Waals surface area contributed by atoms with E-state index in [2.05, 4.69) is 25.1 Å². The monoisotopic (exact) mass is 426 g/mol. The molecule has 0 aliphatic carbocycles. The summed E-state index contributed by atoms with van der Waals surface area (Å²) in [5, 5.41) is 7.40. The lowest BCUT2D eigenvalue weighted by Gasteiger charge is -2.27. The smallest absolute Gasteiger partial charge is 0.284 e. The number of anilines is 2. The highest BCUT2D eigenvalue weighted by Crippen LogP contribution is 2.35. The van der Waals surface area contributed by atoms with Crippen molar-refractivity contribution in [2.75, 3.05) is 29.1 Å². The van der Waals surface area contributed by atoms with E-state index in [1.807, 2.05) is 35.4 Å². The lowest BCUT2D eigenvalue weighted by atomic mass is 10.1. The van der Waals surface area contributed by atoms with Crippen LogP contribution >= 0.6 is 24.0 Å². The predicted octanol–water partition coefficient (Wildman–Crippen LogP) is 3.54. The van der Waals surface area contributed by atoms with Crippen LogP contribution in [0.3, 0.4) is 0 Å². The molecule has 0 spiro atoms. The van der Waals surface area contributed by atoms with Crippen molar-refractivity contribution >= 4 is 41.4 Å². The van der Waals surface area contributed by atoms with Gasteiger partial charge in [-0.3, -0.25) is 4.79 Å². The van der Waals surface area contributed by atoms with E-state index in [9.17, 15) is 4.79 Å². The van der Waals surface area contributed by atoms with Crippen molar-refractivity contribution in [2.45, 2.75) is 24.0 Å². The van der Waals surface area contributed by atoms with Crippen molar-refractivity contribution in [2.24, 2.45) is 0 Å². The molecule has 2 aliphatic heterocycles. The quantitative estimate of drug-likeness (QED) is 0.386. The highest BCUT2D eigenvalue weighted by atomic mass is 32.2. The van der Waals surface area contributed by atoms with Gasteiger partial charge < -0.3 is 14.2 Å². The number of H-pyrrole nitrogens is 1. The van der Waals surface area contributed by atoms with Gasteiger partial charge in [0.15, 0.2) is 5.16 Å². The van der Waals surface area contributed by atoms with E-state index in [0.29, 0.717) is 23.2 Å². The number of nitrogens with zero attached hydrogens (tertiary/aromatic N) is 5. The number of nitrogens with one attached hydrogen (secondary N) is 1. The molecular weight excluding hydrogens is 408 g/mol. The number of aromatic amines is 1. The van der Waals surface area contributed by atoms with Crippen LogP contribution in [0.2, 0.25) is 0 Å². The Balaban J connectivity index is 1.59. The third-order valence-electron chi connectivity index (χ3n) is 5.29. The van der Waals surface area contributed by atoms with Gasteiger partial charge in [0.25, 0.3) is 10.7 Å². The molecule has 1 aromatic carbocycles. The van der Waals surface area contributed by atoms with E-state index in [1.54, 1.807) is 6.20 Å². The molecule has 0 radical (unpaired) electrons. The summed E-state index contributed by atoms with van der Waals surface area (Å²) in [6.45, 7) is 1.49. The normalized spacial score (nSPS) is 18.5. The Morgan fingerprint density at radius 3 is 3.07 bits per heavy atom. The highest BCUT2D eigenvalue weighted by molar-refractivity contribution is 7.98. The van der Waals surface area contributed by atoms with Gasteiger partial charge in [0.2, 0.25) is 5.89 Å². The summed E-state index contributed by atoms with van der Waals surface area (Å²) < 4.78 is 5.43. The second kappa shape index (κ2) is 7.27. The third kappa shape index (κ3) is 3.22. The van der Waals surface area contributed by atoms with Gasteiger partial charge in [-0.15, -0.1) is 5.10 Å². The number of hydrogen-bond acceptors (Lipinski definition) is 8. The maximum Gasteiger partial charge on any atom is 0.284 e. The zero-order valence-corrected chi connectivity index (χ0v) is 17.3. The van der Waals surface area contributed by atoms with Crippen molar-refractivity contribution in [3.05, 3.63) is 40.9 Å². The first kappa shape index (κ1) is 18.3. The van der Waals surface area contributed by atoms with Gasteiger partial charge in [-0.25, -0.2) is 15.1 Å². The maximum atomic E-state index is 13.5. The van der Waals surface area contributed by atoms with E-state index in [0.717, 1.165) is 36.5 Å². The molecule has 148 valence electrons. The Morgan fingerprint density at radius 1 is 1.38 bits per heavy atom. The molecule has 1 amide bonds. The van der Waals surface area contributed by atoms with Crippen LogP contribution in [0.25, 0.3) is 11.5 Å². The number of carbonyl (C=O) groups is 1. The lowest BCUT2D eigenvalue weighted by molar-refractivity contribution is 0.0988. The van der Waals surface area contributed by atoms with Crippen LogP contribution < -0.4 is 9.80 Å². The van der Waals surface area contributed by atoms with Crippen molar-refractivity contribution < 1.29 is 9.21 Å². The van der Waals surface area contributed by atoms with E-state index < -0.39 is 0 Å². The molecule has 4 heterocycles. The molecule has 2 aromatic heterocycles. The SMILES string of the molecule is CSc1ncc2c(n1)N1CCCC1CN(c1cccc(-c3n[nH]c(=S)o3)c1)C2=O. The summed E-state index contributed by atoms with van der Waals surface area (Å²) >= 11 is 6.45. The Kier molecular flexibility index (Phi) is 4.59. The van der Waals surface area contributed by atoms with E-state index in [1.165, 1.54) is 11.8 Å². The average molecular weight is 427 g/mol. The Morgan fingerprint density at radius 2 is 2.28 bits per heavy atom. The van der Waals surface area contributed by atoms with Gasteiger partial charge in [-0.1, -0.05) is 17.8 Å². The largest absolute Gasteiger partial charge is 0.409 e. The number of amides is 1. The minimum absolute atomic E-state index is 0.0953. The van der Waals surface area contributed by atoms with Crippen LogP contribution in [0.4, 0.5) is 11.5 Å². The standard InChI is InChI=1S/C19H18N6O2S2/c1-29-18-20-9-14-15(21-18)24-7-3-6-13(24)10-25(17(14)26)12-5-2-4-11(8-12)16-22-23-19(28)27-16/h2,4-5,8-9,13H,3,6-7,10H2,1H3,(H,23,28). The van der Waals surface area contributed by atoms with Crippen LogP contribution in [0.15, 0.2) is 40.0 Å². The fourth-order valence-corrected chi connectivity index (χ4v) is 4.41. The van der Waals surface area contributed by atoms with Crippen molar-refractivity contribution in [1.82, 2.24) is 20.2 Å². The van der Waals surface area contributed by atoms with Crippen LogP contribution in [-0.4, -0.2) is 51.5 Å². The summed E-state index contributed by atoms with van der Waals surface area (Å²) in [6.07, 6.45) is 5.70. The Labute approximate surface area is 176 Å². The molecular formula is C19H18N6O2S2. The molecule has 2 aliphatic rings. The highest BCUT2D eigenvalue weighted by Gasteiger charge is 2.37. The number of fused-ring (bicyclic) bond motifs is 3. The fraction of sp³-hybridized carbons (Fsp3) is 0.316.